The topological polar surface area (TPSA) is 118 Å². The molecular formula is C24H41N3O6. The standard InChI is InChI=1S/C24H41N3O6/c1-23(2,16-33-21-8-6-7-11-32-21)18(25)15-19(28)26-22(30)24(3,4)27(5)20(29)14-17-9-12-31-13-10-17/h17,21,25H,6-16H2,1-5H3,(H,26,28,30). The first-order valence-corrected chi connectivity index (χ1v) is 11.9. The Balaban J connectivity index is 1.83. The molecule has 2 fully saturated rings. The van der Waals surface area contributed by atoms with Crippen molar-refractivity contribution in [3.8, 4) is 0 Å². The van der Waals surface area contributed by atoms with Gasteiger partial charge in [0.25, 0.3) is 5.91 Å². The lowest BCUT2D eigenvalue weighted by Crippen LogP contribution is -2.57. The van der Waals surface area contributed by atoms with E-state index in [0.717, 1.165) is 32.1 Å². The highest BCUT2D eigenvalue weighted by atomic mass is 16.7. The van der Waals surface area contributed by atoms with Crippen LogP contribution in [0.4, 0.5) is 0 Å². The number of ether oxygens (including phenoxy) is 3. The molecule has 0 aromatic heterocycles. The second-order valence-corrected chi connectivity index (χ2v) is 10.3. The molecule has 2 saturated heterocycles. The second-order valence-electron chi connectivity index (χ2n) is 10.3. The van der Waals surface area contributed by atoms with E-state index >= 15 is 0 Å². The first kappa shape index (κ1) is 27.4. The molecule has 0 saturated carbocycles. The third-order valence-corrected chi connectivity index (χ3v) is 6.75. The van der Waals surface area contributed by atoms with E-state index < -0.39 is 22.8 Å². The lowest BCUT2D eigenvalue weighted by atomic mass is 9.86. The van der Waals surface area contributed by atoms with Crippen molar-refractivity contribution >= 4 is 23.4 Å². The van der Waals surface area contributed by atoms with Crippen molar-refractivity contribution in [2.75, 3.05) is 33.5 Å². The summed E-state index contributed by atoms with van der Waals surface area (Å²) in [4.78, 5) is 39.5. The normalized spacial score (nSPS) is 20.2. The minimum absolute atomic E-state index is 0.134. The lowest BCUT2D eigenvalue weighted by Gasteiger charge is -2.35. The van der Waals surface area contributed by atoms with Crippen LogP contribution in [0.2, 0.25) is 0 Å². The highest BCUT2D eigenvalue weighted by Gasteiger charge is 2.37. The van der Waals surface area contributed by atoms with E-state index in [9.17, 15) is 14.4 Å². The summed E-state index contributed by atoms with van der Waals surface area (Å²) in [5.41, 5.74) is -1.70. The van der Waals surface area contributed by atoms with Gasteiger partial charge in [-0.1, -0.05) is 13.8 Å². The number of likely N-dealkylation sites (N-methyl/N-ethyl adjacent to an activating group) is 1. The molecule has 2 rings (SSSR count). The van der Waals surface area contributed by atoms with Crippen LogP contribution in [0.1, 0.15) is 72.6 Å². The zero-order chi connectivity index (χ0) is 24.6. The minimum Gasteiger partial charge on any atom is -0.381 e. The van der Waals surface area contributed by atoms with E-state index in [2.05, 4.69) is 5.32 Å². The smallest absolute Gasteiger partial charge is 0.251 e. The lowest BCUT2D eigenvalue weighted by molar-refractivity contribution is -0.171. The summed E-state index contributed by atoms with van der Waals surface area (Å²) in [6.07, 6.45) is 4.44. The summed E-state index contributed by atoms with van der Waals surface area (Å²) in [5.74, 6) is -1.01. The van der Waals surface area contributed by atoms with Crippen molar-refractivity contribution in [3.63, 3.8) is 0 Å². The van der Waals surface area contributed by atoms with E-state index in [-0.39, 0.29) is 36.9 Å². The van der Waals surface area contributed by atoms with Crippen molar-refractivity contribution in [2.24, 2.45) is 11.3 Å². The van der Waals surface area contributed by atoms with E-state index in [4.69, 9.17) is 19.6 Å². The minimum atomic E-state index is -1.20. The van der Waals surface area contributed by atoms with E-state index in [1.807, 2.05) is 13.8 Å². The van der Waals surface area contributed by atoms with Crippen LogP contribution >= 0.6 is 0 Å². The molecule has 0 aromatic carbocycles. The van der Waals surface area contributed by atoms with E-state index in [0.29, 0.717) is 26.2 Å². The molecule has 2 heterocycles. The van der Waals surface area contributed by atoms with E-state index in [1.54, 1.807) is 20.9 Å². The average molecular weight is 468 g/mol. The van der Waals surface area contributed by atoms with Crippen LogP contribution in [0.3, 0.4) is 0 Å². The maximum atomic E-state index is 12.8. The Kier molecular flexibility index (Phi) is 10.00. The monoisotopic (exact) mass is 467 g/mol. The second kappa shape index (κ2) is 12.0. The Hall–Kier alpha value is -1.84. The molecule has 33 heavy (non-hydrogen) atoms. The van der Waals surface area contributed by atoms with Gasteiger partial charge in [-0.05, 0) is 51.9 Å². The van der Waals surface area contributed by atoms with Crippen LogP contribution < -0.4 is 5.32 Å². The fourth-order valence-corrected chi connectivity index (χ4v) is 3.75. The molecule has 0 spiro atoms. The molecule has 0 aromatic rings. The molecule has 2 N–H and O–H groups in total. The third-order valence-electron chi connectivity index (χ3n) is 6.75. The van der Waals surface area contributed by atoms with Gasteiger partial charge in [-0.15, -0.1) is 0 Å². The Morgan fingerprint density at radius 1 is 1.06 bits per heavy atom. The number of amides is 3. The van der Waals surface area contributed by atoms with Gasteiger partial charge < -0.3 is 24.5 Å². The summed E-state index contributed by atoms with van der Waals surface area (Å²) >= 11 is 0. The molecule has 0 aliphatic carbocycles. The fraction of sp³-hybridized carbons (Fsp3) is 0.833. The SMILES string of the molecule is CN(C(=O)CC1CCOCC1)C(C)(C)C(=O)NC(=O)CC(=N)C(C)(C)COC1CCCCO1. The molecular weight excluding hydrogens is 426 g/mol. The highest BCUT2D eigenvalue weighted by Crippen LogP contribution is 2.24. The number of hydrogen-bond donors (Lipinski definition) is 2. The van der Waals surface area contributed by atoms with Gasteiger partial charge in [0.05, 0.1) is 13.0 Å². The molecule has 1 atom stereocenters. The van der Waals surface area contributed by atoms with E-state index in [1.165, 1.54) is 4.90 Å². The quantitative estimate of drug-likeness (QED) is 0.477. The van der Waals surface area contributed by atoms with Crippen LogP contribution in [-0.2, 0) is 28.6 Å². The summed E-state index contributed by atoms with van der Waals surface area (Å²) in [5, 5.41) is 10.7. The first-order valence-electron chi connectivity index (χ1n) is 11.9. The molecule has 2 aliphatic rings. The Morgan fingerprint density at radius 3 is 2.33 bits per heavy atom. The molecule has 1 unspecified atom stereocenters. The molecule has 2 aliphatic heterocycles. The first-order chi connectivity index (χ1) is 15.4. The van der Waals surface area contributed by atoms with Gasteiger partial charge in [0, 0.05) is 44.4 Å². The summed E-state index contributed by atoms with van der Waals surface area (Å²) in [6.45, 7) is 9.14. The number of imide groups is 1. The molecule has 9 heteroatoms. The molecule has 9 nitrogen and oxygen atoms in total. The highest BCUT2D eigenvalue weighted by molar-refractivity contribution is 6.09. The van der Waals surface area contributed by atoms with Gasteiger partial charge >= 0.3 is 0 Å². The van der Waals surface area contributed by atoms with Gasteiger partial charge in [0.1, 0.15) is 5.54 Å². The number of nitrogens with zero attached hydrogens (tertiary/aromatic N) is 1. The van der Waals surface area contributed by atoms with Crippen LogP contribution in [0.25, 0.3) is 0 Å². The third kappa shape index (κ3) is 8.15. The number of rotatable bonds is 10. The van der Waals surface area contributed by atoms with Gasteiger partial charge in [-0.2, -0.15) is 0 Å². The Labute approximate surface area is 197 Å². The van der Waals surface area contributed by atoms with Gasteiger partial charge in [-0.25, -0.2) is 0 Å². The molecule has 188 valence electrons. The fourth-order valence-electron chi connectivity index (χ4n) is 3.75. The van der Waals surface area contributed by atoms with Gasteiger partial charge in [0.15, 0.2) is 6.29 Å². The van der Waals surface area contributed by atoms with Crippen molar-refractivity contribution in [3.05, 3.63) is 0 Å². The van der Waals surface area contributed by atoms with Crippen molar-refractivity contribution in [1.29, 1.82) is 5.41 Å². The van der Waals surface area contributed by atoms with Crippen molar-refractivity contribution in [1.82, 2.24) is 10.2 Å². The van der Waals surface area contributed by atoms with Crippen molar-refractivity contribution in [2.45, 2.75) is 84.5 Å². The van der Waals surface area contributed by atoms with Crippen LogP contribution in [-0.4, -0.2) is 73.6 Å². The zero-order valence-electron chi connectivity index (χ0n) is 20.8. The summed E-state index contributed by atoms with van der Waals surface area (Å²) in [6, 6.07) is 0. The Bertz CT molecular complexity index is 709. The summed E-state index contributed by atoms with van der Waals surface area (Å²) in [7, 11) is 1.58. The average Bonchev–Trinajstić information content (AvgIpc) is 2.78. The van der Waals surface area contributed by atoms with Gasteiger partial charge in [-0.3, -0.25) is 19.7 Å². The van der Waals surface area contributed by atoms with Crippen LogP contribution in [0.15, 0.2) is 0 Å². The Morgan fingerprint density at radius 2 is 1.73 bits per heavy atom. The number of hydrogen-bond acceptors (Lipinski definition) is 7. The number of carbonyl (C=O) groups excluding carboxylic acids is 3. The molecule has 0 bridgehead atoms. The van der Waals surface area contributed by atoms with Crippen LogP contribution in [0.5, 0.6) is 0 Å². The molecule has 3 amide bonds. The van der Waals surface area contributed by atoms with Crippen molar-refractivity contribution < 1.29 is 28.6 Å². The van der Waals surface area contributed by atoms with Crippen LogP contribution in [0, 0.1) is 16.7 Å². The zero-order valence-corrected chi connectivity index (χ0v) is 20.8. The maximum absolute atomic E-state index is 12.8. The largest absolute Gasteiger partial charge is 0.381 e. The summed E-state index contributed by atoms with van der Waals surface area (Å²) < 4.78 is 16.7. The number of carbonyl (C=O) groups is 3. The number of nitrogens with one attached hydrogen (secondary N) is 2. The predicted octanol–water partition coefficient (Wildman–Crippen LogP) is 2.66. The van der Waals surface area contributed by atoms with Gasteiger partial charge in [0.2, 0.25) is 11.8 Å². The maximum Gasteiger partial charge on any atom is 0.251 e. The molecule has 0 radical (unpaired) electrons. The predicted molar refractivity (Wildman–Crippen MR) is 124 cm³/mol.